The number of ether oxygens (including phenoxy) is 2. The Bertz CT molecular complexity index is 1310. The summed E-state index contributed by atoms with van der Waals surface area (Å²) < 4.78 is 12.0. The predicted octanol–water partition coefficient (Wildman–Crippen LogP) is 4.79. The van der Waals surface area contributed by atoms with Crippen LogP contribution in [0.5, 0.6) is 0 Å². The number of nitrogens with zero attached hydrogens (tertiary/aromatic N) is 4. The van der Waals surface area contributed by atoms with Gasteiger partial charge in [0.2, 0.25) is 0 Å². The molecule has 0 aliphatic carbocycles. The van der Waals surface area contributed by atoms with Crippen molar-refractivity contribution >= 4 is 28.5 Å². The van der Waals surface area contributed by atoms with Crippen LogP contribution in [-0.2, 0) is 16.0 Å². The quantitative estimate of drug-likeness (QED) is 0.429. The summed E-state index contributed by atoms with van der Waals surface area (Å²) >= 11 is 0. The Morgan fingerprint density at radius 3 is 2.66 bits per heavy atom. The van der Waals surface area contributed by atoms with Crippen molar-refractivity contribution in [2.24, 2.45) is 0 Å². The fourth-order valence-electron chi connectivity index (χ4n) is 3.98. The molecule has 0 amide bonds. The zero-order valence-electron chi connectivity index (χ0n) is 20.2. The first-order chi connectivity index (χ1) is 16.8. The number of fused-ring (bicyclic) bond motifs is 1. The summed E-state index contributed by atoms with van der Waals surface area (Å²) in [6, 6.07) is 12.4. The van der Waals surface area contributed by atoms with Crippen LogP contribution < -0.4 is 5.32 Å². The van der Waals surface area contributed by atoms with Crippen LogP contribution in [0.1, 0.15) is 26.3 Å². The van der Waals surface area contributed by atoms with E-state index in [1.807, 2.05) is 39.1 Å². The normalized spacial score (nSPS) is 14.8. The largest absolute Gasteiger partial charge is 0.442 e. The minimum Gasteiger partial charge on any atom is -0.442 e. The number of aromatic nitrogens is 4. The first-order valence-electron chi connectivity index (χ1n) is 11.8. The van der Waals surface area contributed by atoms with Crippen LogP contribution in [0, 0.1) is 0 Å². The van der Waals surface area contributed by atoms with Crippen molar-refractivity contribution in [3.8, 4) is 11.3 Å². The number of carbonyl (C=O) groups is 1. The molecule has 182 valence electrons. The van der Waals surface area contributed by atoms with Gasteiger partial charge in [-0.3, -0.25) is 4.90 Å². The summed E-state index contributed by atoms with van der Waals surface area (Å²) in [4.78, 5) is 22.6. The molecule has 5 rings (SSSR count). The second-order valence-corrected chi connectivity index (χ2v) is 9.70. The lowest BCUT2D eigenvalue weighted by Crippen LogP contribution is -2.35. The van der Waals surface area contributed by atoms with E-state index in [9.17, 15) is 4.79 Å². The average molecular weight is 475 g/mol. The maximum Gasteiger partial charge on any atom is 0.435 e. The molecule has 35 heavy (non-hydrogen) atoms. The van der Waals surface area contributed by atoms with E-state index in [4.69, 9.17) is 9.47 Å². The number of morpholine rings is 1. The number of aromatic amines is 1. The van der Waals surface area contributed by atoms with Crippen molar-refractivity contribution < 1.29 is 14.3 Å². The molecule has 9 nitrogen and oxygen atoms in total. The molecule has 3 aromatic heterocycles. The molecule has 0 radical (unpaired) electrons. The number of carbonyl (C=O) groups excluding carboxylic acids is 1. The smallest absolute Gasteiger partial charge is 0.435 e. The van der Waals surface area contributed by atoms with Crippen LogP contribution in [0.4, 0.5) is 16.3 Å². The number of H-pyrrole nitrogens is 1. The van der Waals surface area contributed by atoms with E-state index in [2.05, 4.69) is 49.5 Å². The Hall–Kier alpha value is -3.69. The second-order valence-electron chi connectivity index (χ2n) is 9.70. The van der Waals surface area contributed by atoms with E-state index in [-0.39, 0.29) is 0 Å². The standard InChI is InChI=1S/C26H30N6O3/c1-26(2,3)35-25(33)32-17-20(15-28-32)22-12-19-14-27-24(13-23(19)30-22)29-21-6-4-18(5-7-21)16-31-8-10-34-11-9-31/h4-7,12-15,17,30H,8-11,16H2,1-3H3,(H,27,29). The van der Waals surface area contributed by atoms with Gasteiger partial charge in [0.15, 0.2) is 0 Å². The first kappa shape index (κ1) is 23.1. The molecular weight excluding hydrogens is 444 g/mol. The van der Waals surface area contributed by atoms with E-state index in [1.165, 1.54) is 10.2 Å². The highest BCUT2D eigenvalue weighted by Gasteiger charge is 2.19. The van der Waals surface area contributed by atoms with Crippen molar-refractivity contribution in [1.29, 1.82) is 0 Å². The fourth-order valence-corrected chi connectivity index (χ4v) is 3.98. The summed E-state index contributed by atoms with van der Waals surface area (Å²) in [6.07, 6.45) is 4.61. The van der Waals surface area contributed by atoms with Crippen LogP contribution in [-0.4, -0.2) is 62.6 Å². The first-order valence-corrected chi connectivity index (χ1v) is 11.8. The zero-order chi connectivity index (χ0) is 24.4. The number of nitrogens with one attached hydrogen (secondary N) is 2. The maximum atomic E-state index is 12.3. The summed E-state index contributed by atoms with van der Waals surface area (Å²) in [5, 5.41) is 8.49. The molecule has 0 spiro atoms. The Morgan fingerprint density at radius 2 is 1.91 bits per heavy atom. The highest BCUT2D eigenvalue weighted by molar-refractivity contribution is 5.87. The van der Waals surface area contributed by atoms with Gasteiger partial charge in [-0.2, -0.15) is 9.78 Å². The molecule has 0 unspecified atom stereocenters. The monoisotopic (exact) mass is 474 g/mol. The van der Waals surface area contributed by atoms with Crippen LogP contribution >= 0.6 is 0 Å². The van der Waals surface area contributed by atoms with Gasteiger partial charge in [-0.05, 0) is 44.5 Å². The summed E-state index contributed by atoms with van der Waals surface area (Å²) in [5.41, 5.74) is 4.25. The minimum absolute atomic E-state index is 0.510. The molecule has 1 aromatic carbocycles. The molecule has 0 atom stereocenters. The SMILES string of the molecule is CC(C)(C)OC(=O)n1cc(-c2cc3cnc(Nc4ccc(CN5CCOCC5)cc4)cc3[nH]2)cn1. The van der Waals surface area contributed by atoms with Crippen LogP contribution in [0.15, 0.2) is 55.0 Å². The number of pyridine rings is 1. The summed E-state index contributed by atoms with van der Waals surface area (Å²) in [6.45, 7) is 9.97. The van der Waals surface area contributed by atoms with Crippen molar-refractivity contribution in [3.05, 3.63) is 60.6 Å². The van der Waals surface area contributed by atoms with E-state index in [0.29, 0.717) is 0 Å². The molecule has 0 saturated carbocycles. The van der Waals surface area contributed by atoms with Gasteiger partial charge in [-0.25, -0.2) is 9.78 Å². The number of anilines is 2. The van der Waals surface area contributed by atoms with Gasteiger partial charge < -0.3 is 19.8 Å². The Morgan fingerprint density at radius 1 is 1.14 bits per heavy atom. The van der Waals surface area contributed by atoms with Gasteiger partial charge in [0.05, 0.1) is 24.9 Å². The summed E-state index contributed by atoms with van der Waals surface area (Å²) in [5.74, 6) is 0.747. The Labute approximate surface area is 204 Å². The molecular formula is C26H30N6O3. The van der Waals surface area contributed by atoms with Crippen LogP contribution in [0.2, 0.25) is 0 Å². The fraction of sp³-hybridized carbons (Fsp3) is 0.346. The Balaban J connectivity index is 1.26. The second kappa shape index (κ2) is 9.52. The number of rotatable bonds is 5. The van der Waals surface area contributed by atoms with Gasteiger partial charge in [0.1, 0.15) is 11.4 Å². The van der Waals surface area contributed by atoms with E-state index in [0.717, 1.165) is 66.5 Å². The molecule has 4 aromatic rings. The predicted molar refractivity (Wildman–Crippen MR) is 135 cm³/mol. The minimum atomic E-state index is -0.581. The molecule has 1 aliphatic rings. The van der Waals surface area contributed by atoms with Gasteiger partial charge in [0.25, 0.3) is 0 Å². The molecule has 1 fully saturated rings. The Kier molecular flexibility index (Phi) is 6.27. The zero-order valence-corrected chi connectivity index (χ0v) is 20.2. The molecule has 0 bridgehead atoms. The van der Waals surface area contributed by atoms with E-state index in [1.54, 1.807) is 12.4 Å². The van der Waals surface area contributed by atoms with Crippen molar-refractivity contribution in [1.82, 2.24) is 24.6 Å². The van der Waals surface area contributed by atoms with Crippen LogP contribution in [0.3, 0.4) is 0 Å². The topological polar surface area (TPSA) is 97.3 Å². The number of benzene rings is 1. The average Bonchev–Trinajstić information content (AvgIpc) is 3.47. The maximum absolute atomic E-state index is 12.3. The lowest BCUT2D eigenvalue weighted by Gasteiger charge is -2.26. The van der Waals surface area contributed by atoms with E-state index >= 15 is 0 Å². The van der Waals surface area contributed by atoms with Gasteiger partial charge in [-0.15, -0.1) is 0 Å². The molecule has 9 heteroatoms. The van der Waals surface area contributed by atoms with Crippen molar-refractivity contribution in [2.75, 3.05) is 31.6 Å². The van der Waals surface area contributed by atoms with E-state index < -0.39 is 11.7 Å². The highest BCUT2D eigenvalue weighted by atomic mass is 16.6. The lowest BCUT2D eigenvalue weighted by molar-refractivity contribution is 0.0342. The van der Waals surface area contributed by atoms with Gasteiger partial charge in [0, 0.05) is 60.4 Å². The third kappa shape index (κ3) is 5.70. The highest BCUT2D eigenvalue weighted by Crippen LogP contribution is 2.26. The lowest BCUT2D eigenvalue weighted by atomic mass is 10.2. The van der Waals surface area contributed by atoms with Crippen molar-refractivity contribution in [3.63, 3.8) is 0 Å². The van der Waals surface area contributed by atoms with Gasteiger partial charge >= 0.3 is 6.09 Å². The molecule has 2 N–H and O–H groups in total. The van der Waals surface area contributed by atoms with Crippen LogP contribution in [0.25, 0.3) is 22.2 Å². The third-order valence-corrected chi connectivity index (χ3v) is 5.71. The third-order valence-electron chi connectivity index (χ3n) is 5.71. The van der Waals surface area contributed by atoms with Crippen molar-refractivity contribution in [2.45, 2.75) is 32.9 Å². The number of hydrogen-bond acceptors (Lipinski definition) is 7. The number of hydrogen-bond donors (Lipinski definition) is 2. The molecule has 4 heterocycles. The molecule has 1 aliphatic heterocycles. The van der Waals surface area contributed by atoms with Gasteiger partial charge in [-0.1, -0.05) is 12.1 Å². The summed E-state index contributed by atoms with van der Waals surface area (Å²) in [7, 11) is 0. The molecule has 1 saturated heterocycles.